The van der Waals surface area contributed by atoms with Crippen LogP contribution in [0.5, 0.6) is 5.75 Å². The van der Waals surface area contributed by atoms with Gasteiger partial charge in [0, 0.05) is 56.9 Å². The summed E-state index contributed by atoms with van der Waals surface area (Å²) in [6, 6.07) is 22.3. The van der Waals surface area contributed by atoms with Crippen molar-refractivity contribution in [2.24, 2.45) is 4.99 Å². The summed E-state index contributed by atoms with van der Waals surface area (Å²) >= 11 is 2.81. The molecule has 5 heterocycles. The molecule has 1 N–H and O–H groups in total. The topological polar surface area (TPSA) is 150 Å². The van der Waals surface area contributed by atoms with Gasteiger partial charge >= 0.3 is 5.97 Å². The Morgan fingerprint density at radius 1 is 1.00 bits per heavy atom. The lowest BCUT2D eigenvalue weighted by atomic mass is 9.95. The van der Waals surface area contributed by atoms with Gasteiger partial charge in [-0.05, 0) is 53.9 Å². The molecular formula is C40H40N8O5S2Si. The van der Waals surface area contributed by atoms with E-state index < -0.39 is 14.0 Å². The summed E-state index contributed by atoms with van der Waals surface area (Å²) < 4.78 is 16.9. The van der Waals surface area contributed by atoms with Crippen molar-refractivity contribution in [3.63, 3.8) is 0 Å². The monoisotopic (exact) mass is 804 g/mol. The van der Waals surface area contributed by atoms with Crippen LogP contribution < -0.4 is 14.4 Å². The van der Waals surface area contributed by atoms with Gasteiger partial charge in [-0.25, -0.2) is 24.4 Å². The molecule has 13 nitrogen and oxygen atoms in total. The molecule has 0 aliphatic carbocycles. The molecule has 0 spiro atoms. The lowest BCUT2D eigenvalue weighted by molar-refractivity contribution is 0.0689. The fourth-order valence-electron chi connectivity index (χ4n) is 6.60. The largest absolute Gasteiger partial charge is 0.493 e. The van der Waals surface area contributed by atoms with Crippen LogP contribution in [0.15, 0.2) is 90.4 Å². The second-order valence-electron chi connectivity index (χ2n) is 14.7. The number of carboxylic acid groups (broad SMARTS) is 1. The van der Waals surface area contributed by atoms with Crippen molar-refractivity contribution < 1.29 is 24.2 Å². The number of fused-ring (bicyclic) bond motifs is 3. The molecule has 1 aliphatic heterocycles. The van der Waals surface area contributed by atoms with Gasteiger partial charge in [0.25, 0.3) is 5.91 Å². The number of carbonyl (C=O) groups excluding carboxylic acids is 1. The van der Waals surface area contributed by atoms with Crippen molar-refractivity contribution in [1.29, 1.82) is 0 Å². The van der Waals surface area contributed by atoms with Gasteiger partial charge in [-0.15, -0.1) is 11.3 Å². The van der Waals surface area contributed by atoms with Crippen LogP contribution in [0.4, 0.5) is 5.13 Å². The van der Waals surface area contributed by atoms with Crippen LogP contribution in [-0.2, 0) is 30.9 Å². The number of hydrogen-bond donors (Lipinski definition) is 1. The second kappa shape index (κ2) is 15.9. The van der Waals surface area contributed by atoms with E-state index in [-0.39, 0.29) is 18.2 Å². The van der Waals surface area contributed by atoms with E-state index >= 15 is 0 Å². The van der Waals surface area contributed by atoms with Gasteiger partial charge in [-0.3, -0.25) is 9.36 Å². The maximum Gasteiger partial charge on any atom is 0.355 e. The van der Waals surface area contributed by atoms with Gasteiger partial charge < -0.3 is 19.5 Å². The average Bonchev–Trinajstić information content (AvgIpc) is 3.91. The van der Waals surface area contributed by atoms with Crippen molar-refractivity contribution in [2.75, 3.05) is 24.7 Å². The van der Waals surface area contributed by atoms with Crippen molar-refractivity contribution >= 4 is 69.0 Å². The number of carboxylic acids is 1. The molecule has 0 radical (unpaired) electrons. The highest BCUT2D eigenvalue weighted by molar-refractivity contribution is 7.16. The van der Waals surface area contributed by atoms with Gasteiger partial charge in [-0.2, -0.15) is 10.1 Å². The number of aromatic nitrogens is 6. The number of rotatable bonds is 13. The number of ether oxygens (including phenoxy) is 2. The Morgan fingerprint density at radius 2 is 1.86 bits per heavy atom. The molecule has 0 atom stereocenters. The number of amides is 1. The summed E-state index contributed by atoms with van der Waals surface area (Å²) in [6.45, 7) is 9.23. The number of aromatic carboxylic acids is 1. The highest BCUT2D eigenvalue weighted by atomic mass is 32.1. The third-order valence-electron chi connectivity index (χ3n) is 9.56. The number of thiazole rings is 2. The molecule has 0 unspecified atom stereocenters. The summed E-state index contributed by atoms with van der Waals surface area (Å²) in [5, 5.41) is 16.0. The van der Waals surface area contributed by atoms with Crippen molar-refractivity contribution in [3.05, 3.63) is 118 Å². The molecule has 0 saturated heterocycles. The quantitative estimate of drug-likeness (QED) is 0.0935. The smallest absolute Gasteiger partial charge is 0.355 e. The van der Waals surface area contributed by atoms with E-state index in [4.69, 9.17) is 9.47 Å². The Bertz CT molecular complexity index is 2640. The molecule has 0 bridgehead atoms. The summed E-state index contributed by atoms with van der Waals surface area (Å²) in [7, 11) is -1.26. The molecule has 7 aromatic rings. The van der Waals surface area contributed by atoms with Gasteiger partial charge in [0.2, 0.25) is 0 Å². The van der Waals surface area contributed by atoms with Crippen molar-refractivity contribution in [1.82, 2.24) is 29.3 Å². The van der Waals surface area contributed by atoms with Crippen LogP contribution in [0.25, 0.3) is 26.9 Å². The van der Waals surface area contributed by atoms with E-state index in [1.807, 2.05) is 76.2 Å². The van der Waals surface area contributed by atoms with Crippen LogP contribution in [-0.4, -0.2) is 74.1 Å². The average molecular weight is 805 g/mol. The minimum Gasteiger partial charge on any atom is -0.493 e. The van der Waals surface area contributed by atoms with Gasteiger partial charge in [0.1, 0.15) is 18.8 Å². The zero-order chi connectivity index (χ0) is 38.8. The minimum atomic E-state index is -1.26. The van der Waals surface area contributed by atoms with Gasteiger partial charge in [0.15, 0.2) is 21.3 Å². The first-order valence-corrected chi connectivity index (χ1v) is 23.7. The summed E-state index contributed by atoms with van der Waals surface area (Å²) in [5.41, 5.74) is 4.92. The van der Waals surface area contributed by atoms with E-state index in [1.165, 1.54) is 29.0 Å². The van der Waals surface area contributed by atoms with E-state index in [0.717, 1.165) is 38.5 Å². The number of benzene rings is 3. The Morgan fingerprint density at radius 3 is 2.71 bits per heavy atom. The predicted molar refractivity (Wildman–Crippen MR) is 220 cm³/mol. The molecule has 3 aromatic carbocycles. The molecule has 0 saturated carbocycles. The predicted octanol–water partition coefficient (Wildman–Crippen LogP) is 7.22. The lowest BCUT2D eigenvalue weighted by Crippen LogP contribution is -2.31. The lowest BCUT2D eigenvalue weighted by Gasteiger charge is -2.29. The molecule has 286 valence electrons. The summed E-state index contributed by atoms with van der Waals surface area (Å²) in [5.74, 6) is -0.801. The Labute approximate surface area is 331 Å². The molecule has 1 aliphatic rings. The van der Waals surface area contributed by atoms with E-state index in [9.17, 15) is 14.7 Å². The summed E-state index contributed by atoms with van der Waals surface area (Å²) in [6.07, 6.45) is 5.93. The number of carbonyl (C=O) groups is 2. The molecule has 16 heteroatoms. The first kappa shape index (κ1) is 37.4. The number of hydrogen-bond acceptors (Lipinski definition) is 11. The van der Waals surface area contributed by atoms with E-state index in [1.54, 1.807) is 17.1 Å². The summed E-state index contributed by atoms with van der Waals surface area (Å²) in [4.78, 5) is 47.3. The van der Waals surface area contributed by atoms with Crippen LogP contribution in [0, 0.1) is 0 Å². The molecular weight excluding hydrogens is 765 g/mol. The fraction of sp³-hybridized carbons (Fsp3) is 0.275. The van der Waals surface area contributed by atoms with Crippen LogP contribution in [0.3, 0.4) is 0 Å². The fourth-order valence-corrected chi connectivity index (χ4v) is 9.43. The van der Waals surface area contributed by atoms with Crippen LogP contribution in [0.2, 0.25) is 25.7 Å². The van der Waals surface area contributed by atoms with Crippen molar-refractivity contribution in [3.8, 4) is 11.4 Å². The van der Waals surface area contributed by atoms with Crippen LogP contribution in [0.1, 0.15) is 36.9 Å². The van der Waals surface area contributed by atoms with Gasteiger partial charge in [0.05, 0.1) is 34.1 Å². The SMILES string of the molecule is C[Si](C)(C)CCOCn1c(=NC(=O)c2cccc3c2CN(c2nc(C(=O)O)c(CCOc4cccc(-n5ncc6cncnc65)c4)s2)CC3)sc2ccccc21. The maximum atomic E-state index is 14.0. The third-order valence-corrected chi connectivity index (χ3v) is 13.5. The molecule has 56 heavy (non-hydrogen) atoms. The number of para-hydroxylation sites is 1. The van der Waals surface area contributed by atoms with E-state index in [2.05, 4.69) is 44.7 Å². The first-order valence-electron chi connectivity index (χ1n) is 18.3. The minimum absolute atomic E-state index is 0.0107. The first-order chi connectivity index (χ1) is 27.1. The number of anilines is 1. The Kier molecular flexibility index (Phi) is 10.6. The van der Waals surface area contributed by atoms with E-state index in [0.29, 0.717) is 71.0 Å². The molecule has 1 amide bonds. The second-order valence-corrected chi connectivity index (χ2v) is 22.4. The van der Waals surface area contributed by atoms with Crippen molar-refractivity contribution in [2.45, 2.75) is 51.8 Å². The molecule has 8 rings (SSSR count). The Balaban J connectivity index is 0.991. The standard InChI is InChI=1S/C40H40N8O5S2Si/c1-56(2,3)19-18-52-25-47-32-12-4-5-13-33(32)54-40(47)45-37(49)30-11-6-8-26-14-16-46(23-31(26)30)39-44-35(38(50)51)34(55-39)15-17-53-29-10-7-9-28(20-29)48-36-27(22-43-48)21-41-24-42-36/h4-13,20-22,24H,14-19,23,25H2,1-3H3,(H,50,51). The Hall–Kier alpha value is -5.55. The maximum absolute atomic E-state index is 14.0. The van der Waals surface area contributed by atoms with Crippen LogP contribution >= 0.6 is 22.7 Å². The normalized spacial score (nSPS) is 13.4. The number of nitrogens with zero attached hydrogens (tertiary/aromatic N) is 8. The zero-order valence-corrected chi connectivity index (χ0v) is 33.8. The molecule has 0 fully saturated rings. The molecule has 4 aromatic heterocycles. The zero-order valence-electron chi connectivity index (χ0n) is 31.2. The highest BCUT2D eigenvalue weighted by Gasteiger charge is 2.27. The highest BCUT2D eigenvalue weighted by Crippen LogP contribution is 2.33. The third kappa shape index (κ3) is 8.04. The van der Waals surface area contributed by atoms with Gasteiger partial charge in [-0.1, -0.05) is 61.3 Å².